The van der Waals surface area contributed by atoms with Gasteiger partial charge >= 0.3 is 0 Å². The number of rotatable bonds is 4. The Hall–Kier alpha value is -0.770. The summed E-state index contributed by atoms with van der Waals surface area (Å²) in [6.07, 6.45) is 0. The van der Waals surface area contributed by atoms with Crippen LogP contribution in [0.25, 0.3) is 0 Å². The number of hydrogen-bond donors (Lipinski definition) is 3. The van der Waals surface area contributed by atoms with Gasteiger partial charge in [0, 0.05) is 23.8 Å². The van der Waals surface area contributed by atoms with Crippen LogP contribution in [-0.2, 0) is 6.54 Å². The molecule has 0 aliphatic rings. The summed E-state index contributed by atoms with van der Waals surface area (Å²) in [4.78, 5) is 0. The molecule has 0 radical (unpaired) electrons. The molecule has 1 aromatic rings. The maximum atomic E-state index is 8.54. The fraction of sp³-hybridized carbons (Fsp3) is 0.333. The van der Waals surface area contributed by atoms with Gasteiger partial charge in [-0.15, -0.1) is 0 Å². The predicted octanol–water partition coefficient (Wildman–Crippen LogP) is 1.00. The summed E-state index contributed by atoms with van der Waals surface area (Å²) in [5.74, 6) is 0. The van der Waals surface area contributed by atoms with E-state index in [1.165, 1.54) is 0 Å². The first-order valence-corrected chi connectivity index (χ1v) is 4.47. The lowest BCUT2D eigenvalue weighted by Gasteiger charge is -2.05. The molecule has 0 unspecified atom stereocenters. The van der Waals surface area contributed by atoms with Crippen LogP contribution in [0, 0.1) is 0 Å². The van der Waals surface area contributed by atoms with Crippen molar-refractivity contribution in [3.63, 3.8) is 0 Å². The zero-order chi connectivity index (χ0) is 9.68. The molecule has 72 valence electrons. The standard InChI is InChI=1S/C9H13ClN2O/c10-9-5-8(11)2-1-7(9)6-12-3-4-13/h1-2,5,12-13H,3-4,6,11H2. The normalized spacial score (nSPS) is 10.3. The fourth-order valence-electron chi connectivity index (χ4n) is 1.01. The summed E-state index contributed by atoms with van der Waals surface area (Å²) < 4.78 is 0. The largest absolute Gasteiger partial charge is 0.399 e. The number of nitrogen functional groups attached to an aromatic ring is 1. The molecule has 0 amide bonds. The van der Waals surface area contributed by atoms with E-state index < -0.39 is 0 Å². The minimum Gasteiger partial charge on any atom is -0.399 e. The molecule has 0 heterocycles. The average molecular weight is 201 g/mol. The van der Waals surface area contributed by atoms with Crippen LogP contribution in [0.1, 0.15) is 5.56 Å². The summed E-state index contributed by atoms with van der Waals surface area (Å²) >= 11 is 5.93. The molecule has 0 saturated heterocycles. The van der Waals surface area contributed by atoms with Gasteiger partial charge in [-0.3, -0.25) is 0 Å². The Morgan fingerprint density at radius 1 is 1.46 bits per heavy atom. The molecule has 1 rings (SSSR count). The van der Waals surface area contributed by atoms with Crippen molar-refractivity contribution in [2.75, 3.05) is 18.9 Å². The predicted molar refractivity (Wildman–Crippen MR) is 54.7 cm³/mol. The molecule has 0 aliphatic heterocycles. The van der Waals surface area contributed by atoms with E-state index in [2.05, 4.69) is 5.32 Å². The first kappa shape index (κ1) is 10.3. The smallest absolute Gasteiger partial charge is 0.0556 e. The number of hydrogen-bond acceptors (Lipinski definition) is 3. The Labute approximate surface area is 82.5 Å². The number of benzene rings is 1. The Bertz CT molecular complexity index is 278. The van der Waals surface area contributed by atoms with Crippen molar-refractivity contribution in [3.05, 3.63) is 28.8 Å². The van der Waals surface area contributed by atoms with Gasteiger partial charge in [-0.25, -0.2) is 0 Å². The topological polar surface area (TPSA) is 58.3 Å². The van der Waals surface area contributed by atoms with Crippen molar-refractivity contribution in [1.82, 2.24) is 5.32 Å². The minimum atomic E-state index is 0.132. The number of nitrogens with two attached hydrogens (primary N) is 1. The SMILES string of the molecule is Nc1ccc(CNCCO)c(Cl)c1. The molecular formula is C9H13ClN2O. The van der Waals surface area contributed by atoms with E-state index in [0.717, 1.165) is 5.56 Å². The van der Waals surface area contributed by atoms with E-state index in [-0.39, 0.29) is 6.61 Å². The van der Waals surface area contributed by atoms with Gasteiger partial charge in [0.05, 0.1) is 6.61 Å². The zero-order valence-corrected chi connectivity index (χ0v) is 8.01. The lowest BCUT2D eigenvalue weighted by molar-refractivity contribution is 0.292. The molecule has 0 aliphatic carbocycles. The third-order valence-corrected chi connectivity index (χ3v) is 2.03. The molecule has 4 heteroatoms. The molecule has 0 bridgehead atoms. The Balaban J connectivity index is 2.56. The summed E-state index contributed by atoms with van der Waals surface area (Å²) in [7, 11) is 0. The van der Waals surface area contributed by atoms with Crippen LogP contribution >= 0.6 is 11.6 Å². The van der Waals surface area contributed by atoms with E-state index in [9.17, 15) is 0 Å². The monoisotopic (exact) mass is 200 g/mol. The Kier molecular flexibility index (Phi) is 4.02. The van der Waals surface area contributed by atoms with E-state index in [1.54, 1.807) is 6.07 Å². The summed E-state index contributed by atoms with van der Waals surface area (Å²) in [6.45, 7) is 1.35. The molecule has 1 aromatic carbocycles. The third-order valence-electron chi connectivity index (χ3n) is 1.68. The highest BCUT2D eigenvalue weighted by atomic mass is 35.5. The molecular weight excluding hydrogens is 188 g/mol. The summed E-state index contributed by atoms with van der Waals surface area (Å²) in [5, 5.41) is 12.2. The number of aliphatic hydroxyl groups is 1. The van der Waals surface area contributed by atoms with Gasteiger partial charge in [0.2, 0.25) is 0 Å². The lowest BCUT2D eigenvalue weighted by Crippen LogP contribution is -2.17. The van der Waals surface area contributed by atoms with Crippen LogP contribution in [0.15, 0.2) is 18.2 Å². The maximum Gasteiger partial charge on any atom is 0.0556 e. The molecule has 0 aromatic heterocycles. The zero-order valence-electron chi connectivity index (χ0n) is 7.26. The second kappa shape index (κ2) is 5.07. The van der Waals surface area contributed by atoms with Crippen molar-refractivity contribution in [1.29, 1.82) is 0 Å². The second-order valence-electron chi connectivity index (χ2n) is 2.75. The highest BCUT2D eigenvalue weighted by Crippen LogP contribution is 2.18. The van der Waals surface area contributed by atoms with Gasteiger partial charge < -0.3 is 16.2 Å². The quantitative estimate of drug-likeness (QED) is 0.502. The molecule has 13 heavy (non-hydrogen) atoms. The van der Waals surface area contributed by atoms with Crippen LogP contribution in [0.4, 0.5) is 5.69 Å². The summed E-state index contributed by atoms with van der Waals surface area (Å²) in [5.41, 5.74) is 7.19. The number of anilines is 1. The number of aliphatic hydroxyl groups excluding tert-OH is 1. The first-order chi connectivity index (χ1) is 6.24. The highest BCUT2D eigenvalue weighted by molar-refractivity contribution is 6.31. The fourth-order valence-corrected chi connectivity index (χ4v) is 1.26. The average Bonchev–Trinajstić information content (AvgIpc) is 2.09. The van der Waals surface area contributed by atoms with Crippen molar-refractivity contribution in [3.8, 4) is 0 Å². The molecule has 0 atom stereocenters. The van der Waals surface area contributed by atoms with Crippen molar-refractivity contribution in [2.24, 2.45) is 0 Å². The van der Waals surface area contributed by atoms with Crippen molar-refractivity contribution < 1.29 is 5.11 Å². The highest BCUT2D eigenvalue weighted by Gasteiger charge is 1.99. The van der Waals surface area contributed by atoms with E-state index >= 15 is 0 Å². The molecule has 0 spiro atoms. The second-order valence-corrected chi connectivity index (χ2v) is 3.16. The number of halogens is 1. The van der Waals surface area contributed by atoms with Crippen LogP contribution in [0.5, 0.6) is 0 Å². The Morgan fingerprint density at radius 3 is 2.85 bits per heavy atom. The molecule has 4 N–H and O–H groups in total. The van der Waals surface area contributed by atoms with Crippen LogP contribution < -0.4 is 11.1 Å². The van der Waals surface area contributed by atoms with Crippen molar-refractivity contribution >= 4 is 17.3 Å². The molecule has 3 nitrogen and oxygen atoms in total. The van der Waals surface area contributed by atoms with Crippen LogP contribution in [-0.4, -0.2) is 18.3 Å². The lowest BCUT2D eigenvalue weighted by atomic mass is 10.2. The molecule has 0 fully saturated rings. The van der Waals surface area contributed by atoms with Gasteiger partial charge in [0.1, 0.15) is 0 Å². The van der Waals surface area contributed by atoms with Crippen molar-refractivity contribution in [2.45, 2.75) is 6.54 Å². The maximum absolute atomic E-state index is 8.54. The van der Waals surface area contributed by atoms with Gasteiger partial charge in [0.25, 0.3) is 0 Å². The van der Waals surface area contributed by atoms with Gasteiger partial charge in [-0.05, 0) is 17.7 Å². The Morgan fingerprint density at radius 2 is 2.23 bits per heavy atom. The van der Waals surface area contributed by atoms with Gasteiger partial charge in [-0.2, -0.15) is 0 Å². The first-order valence-electron chi connectivity index (χ1n) is 4.09. The molecule has 0 saturated carbocycles. The third kappa shape index (κ3) is 3.22. The number of nitrogens with one attached hydrogen (secondary N) is 1. The van der Waals surface area contributed by atoms with E-state index in [1.807, 2.05) is 12.1 Å². The van der Waals surface area contributed by atoms with E-state index in [4.69, 9.17) is 22.4 Å². The van der Waals surface area contributed by atoms with Gasteiger partial charge in [-0.1, -0.05) is 17.7 Å². The summed E-state index contributed by atoms with van der Waals surface area (Å²) in [6, 6.07) is 5.40. The van der Waals surface area contributed by atoms with Crippen LogP contribution in [0.3, 0.4) is 0 Å². The van der Waals surface area contributed by atoms with E-state index in [0.29, 0.717) is 23.8 Å². The minimum absolute atomic E-state index is 0.132. The van der Waals surface area contributed by atoms with Gasteiger partial charge in [0.15, 0.2) is 0 Å². The van der Waals surface area contributed by atoms with Crippen LogP contribution in [0.2, 0.25) is 5.02 Å².